The first-order valence-electron chi connectivity index (χ1n) is 8.31. The summed E-state index contributed by atoms with van der Waals surface area (Å²) in [6.45, 7) is 0. The highest BCUT2D eigenvalue weighted by molar-refractivity contribution is 9.10. The number of ether oxygens (including phenoxy) is 1. The highest BCUT2D eigenvalue weighted by Gasteiger charge is 2.14. The third-order valence-electron chi connectivity index (χ3n) is 4.10. The van der Waals surface area contributed by atoms with Crippen molar-refractivity contribution in [1.29, 1.82) is 0 Å². The molecule has 1 N–H and O–H groups in total. The van der Waals surface area contributed by atoms with Gasteiger partial charge in [-0.2, -0.15) is 4.80 Å². The Morgan fingerprint density at radius 2 is 1.79 bits per heavy atom. The number of carbonyl (C=O) groups is 1. The summed E-state index contributed by atoms with van der Waals surface area (Å²) < 4.78 is 6.06. The molecular formula is C20H14BrClN4O2. The molecule has 1 amide bonds. The van der Waals surface area contributed by atoms with Gasteiger partial charge in [0, 0.05) is 15.2 Å². The highest BCUT2D eigenvalue weighted by atomic mass is 79.9. The number of halogens is 2. The van der Waals surface area contributed by atoms with E-state index in [0.717, 1.165) is 10.2 Å². The van der Waals surface area contributed by atoms with Crippen molar-refractivity contribution < 1.29 is 9.53 Å². The van der Waals surface area contributed by atoms with Crippen LogP contribution in [0.1, 0.15) is 10.4 Å². The second-order valence-corrected chi connectivity index (χ2v) is 7.32. The van der Waals surface area contributed by atoms with Crippen LogP contribution in [0.2, 0.25) is 5.02 Å². The normalized spacial score (nSPS) is 10.8. The van der Waals surface area contributed by atoms with Gasteiger partial charge in [-0.3, -0.25) is 4.79 Å². The Bertz CT molecular complexity index is 1170. The van der Waals surface area contributed by atoms with Crippen LogP contribution in [0.3, 0.4) is 0 Å². The van der Waals surface area contributed by atoms with Gasteiger partial charge in [-0.05, 0) is 60.7 Å². The first-order chi connectivity index (χ1) is 13.5. The number of methoxy groups -OCH3 is 1. The summed E-state index contributed by atoms with van der Waals surface area (Å²) in [5.41, 5.74) is 3.22. The van der Waals surface area contributed by atoms with Crippen LogP contribution in [0, 0.1) is 0 Å². The van der Waals surface area contributed by atoms with Gasteiger partial charge in [-0.1, -0.05) is 27.5 Å². The lowest BCUT2D eigenvalue weighted by Crippen LogP contribution is -2.13. The number of fused-ring (bicyclic) bond motifs is 1. The Balaban J connectivity index is 1.62. The lowest BCUT2D eigenvalue weighted by atomic mass is 10.2. The molecule has 6 nitrogen and oxygen atoms in total. The van der Waals surface area contributed by atoms with E-state index in [1.165, 1.54) is 11.9 Å². The number of carbonyl (C=O) groups excluding carboxylic acids is 1. The van der Waals surface area contributed by atoms with Crippen LogP contribution in [0.15, 0.2) is 65.1 Å². The van der Waals surface area contributed by atoms with Crippen LogP contribution in [0.25, 0.3) is 16.7 Å². The van der Waals surface area contributed by atoms with Gasteiger partial charge in [0.1, 0.15) is 16.8 Å². The van der Waals surface area contributed by atoms with Gasteiger partial charge in [0.05, 0.1) is 18.4 Å². The van der Waals surface area contributed by atoms with Crippen LogP contribution in [0.5, 0.6) is 5.75 Å². The Morgan fingerprint density at radius 3 is 2.54 bits per heavy atom. The Morgan fingerprint density at radius 1 is 1.04 bits per heavy atom. The fraction of sp³-hybridized carbons (Fsp3) is 0.0500. The first kappa shape index (κ1) is 18.5. The van der Waals surface area contributed by atoms with Gasteiger partial charge < -0.3 is 10.1 Å². The molecule has 0 fully saturated rings. The zero-order valence-electron chi connectivity index (χ0n) is 14.7. The number of rotatable bonds is 4. The molecule has 0 radical (unpaired) electrons. The summed E-state index contributed by atoms with van der Waals surface area (Å²) in [5.74, 6) is 0.220. The maximum atomic E-state index is 12.7. The molecule has 0 aliphatic rings. The van der Waals surface area contributed by atoms with E-state index in [4.69, 9.17) is 16.3 Å². The minimum atomic E-state index is -0.275. The molecule has 0 saturated heterocycles. The number of benzene rings is 3. The van der Waals surface area contributed by atoms with Crippen molar-refractivity contribution in [3.63, 3.8) is 0 Å². The summed E-state index contributed by atoms with van der Waals surface area (Å²) in [4.78, 5) is 14.2. The summed E-state index contributed by atoms with van der Waals surface area (Å²) >= 11 is 9.30. The van der Waals surface area contributed by atoms with Gasteiger partial charge in [0.2, 0.25) is 0 Å². The van der Waals surface area contributed by atoms with Crippen molar-refractivity contribution in [3.05, 3.63) is 75.7 Å². The average molecular weight is 458 g/mol. The number of aromatic nitrogens is 3. The van der Waals surface area contributed by atoms with Crippen molar-refractivity contribution >= 4 is 50.2 Å². The lowest BCUT2D eigenvalue weighted by molar-refractivity contribution is 0.102. The molecule has 0 aliphatic carbocycles. The van der Waals surface area contributed by atoms with Crippen LogP contribution in [-0.4, -0.2) is 28.0 Å². The lowest BCUT2D eigenvalue weighted by Gasteiger charge is -2.09. The van der Waals surface area contributed by atoms with Crippen molar-refractivity contribution in [2.24, 2.45) is 0 Å². The second-order valence-electron chi connectivity index (χ2n) is 5.97. The van der Waals surface area contributed by atoms with E-state index in [9.17, 15) is 4.79 Å². The van der Waals surface area contributed by atoms with E-state index in [1.54, 1.807) is 36.4 Å². The number of hydrogen-bond acceptors (Lipinski definition) is 4. The van der Waals surface area contributed by atoms with E-state index in [0.29, 0.717) is 33.1 Å². The summed E-state index contributed by atoms with van der Waals surface area (Å²) in [7, 11) is 1.53. The molecule has 3 aromatic carbocycles. The molecule has 0 aliphatic heterocycles. The predicted molar refractivity (Wildman–Crippen MR) is 113 cm³/mol. The molecule has 4 rings (SSSR count). The van der Waals surface area contributed by atoms with E-state index < -0.39 is 0 Å². The molecule has 0 atom stereocenters. The minimum absolute atomic E-state index is 0.275. The Hall–Kier alpha value is -2.90. The van der Waals surface area contributed by atoms with Crippen LogP contribution in [-0.2, 0) is 0 Å². The fourth-order valence-corrected chi connectivity index (χ4v) is 3.23. The maximum Gasteiger partial charge on any atom is 0.259 e. The van der Waals surface area contributed by atoms with Gasteiger partial charge in [0.15, 0.2) is 0 Å². The molecule has 140 valence electrons. The van der Waals surface area contributed by atoms with E-state index in [2.05, 4.69) is 31.4 Å². The van der Waals surface area contributed by atoms with Crippen molar-refractivity contribution in [2.75, 3.05) is 12.4 Å². The molecule has 0 saturated carbocycles. The number of anilines is 1. The zero-order valence-corrected chi connectivity index (χ0v) is 17.0. The summed E-state index contributed by atoms with van der Waals surface area (Å²) in [6.07, 6.45) is 0. The molecule has 0 spiro atoms. The fourth-order valence-electron chi connectivity index (χ4n) is 2.74. The highest BCUT2D eigenvalue weighted by Crippen LogP contribution is 2.25. The Kier molecular flexibility index (Phi) is 5.02. The summed E-state index contributed by atoms with van der Waals surface area (Å²) in [6, 6.07) is 17.9. The second kappa shape index (κ2) is 7.61. The Labute approximate surface area is 174 Å². The molecule has 1 aromatic heterocycles. The standard InChI is InChI=1S/C20H14BrClN4O2/c1-28-19-9-2-12(21)10-16(19)20(27)23-14-5-8-17-18(11-14)25-26(24-17)15-6-3-13(22)4-7-15/h2-11H,1H3,(H,23,27). The molecule has 0 unspecified atom stereocenters. The van der Waals surface area contributed by atoms with E-state index in [-0.39, 0.29) is 5.91 Å². The van der Waals surface area contributed by atoms with Crippen molar-refractivity contribution in [1.82, 2.24) is 15.0 Å². The SMILES string of the molecule is COc1ccc(Br)cc1C(=O)Nc1ccc2nn(-c3ccc(Cl)cc3)nc2c1. The first-order valence-corrected chi connectivity index (χ1v) is 9.48. The number of hydrogen-bond donors (Lipinski definition) is 1. The predicted octanol–water partition coefficient (Wildman–Crippen LogP) is 5.10. The van der Waals surface area contributed by atoms with Gasteiger partial charge >= 0.3 is 0 Å². The van der Waals surface area contributed by atoms with E-state index >= 15 is 0 Å². The third kappa shape index (κ3) is 3.72. The number of nitrogens with zero attached hydrogens (tertiary/aromatic N) is 3. The van der Waals surface area contributed by atoms with Crippen molar-refractivity contribution in [3.8, 4) is 11.4 Å². The van der Waals surface area contributed by atoms with Crippen LogP contribution >= 0.6 is 27.5 Å². The molecule has 8 heteroatoms. The van der Waals surface area contributed by atoms with Crippen molar-refractivity contribution in [2.45, 2.75) is 0 Å². The smallest absolute Gasteiger partial charge is 0.259 e. The molecule has 28 heavy (non-hydrogen) atoms. The average Bonchev–Trinajstić information content (AvgIpc) is 3.11. The van der Waals surface area contributed by atoms with Crippen LogP contribution < -0.4 is 10.1 Å². The van der Waals surface area contributed by atoms with Gasteiger partial charge in [-0.15, -0.1) is 10.2 Å². The third-order valence-corrected chi connectivity index (χ3v) is 4.85. The van der Waals surface area contributed by atoms with E-state index in [1.807, 2.05) is 24.3 Å². The monoisotopic (exact) mass is 456 g/mol. The minimum Gasteiger partial charge on any atom is -0.496 e. The number of nitrogens with one attached hydrogen (secondary N) is 1. The zero-order chi connectivity index (χ0) is 19.7. The number of amides is 1. The van der Waals surface area contributed by atoms with Gasteiger partial charge in [0.25, 0.3) is 5.91 Å². The largest absolute Gasteiger partial charge is 0.496 e. The molecule has 4 aromatic rings. The molecular weight excluding hydrogens is 444 g/mol. The molecule has 1 heterocycles. The summed E-state index contributed by atoms with van der Waals surface area (Å²) in [5, 5.41) is 12.5. The maximum absolute atomic E-state index is 12.7. The topological polar surface area (TPSA) is 69.0 Å². The quantitative estimate of drug-likeness (QED) is 0.463. The van der Waals surface area contributed by atoms with Gasteiger partial charge in [-0.25, -0.2) is 0 Å². The molecule has 0 bridgehead atoms. The van der Waals surface area contributed by atoms with Crippen LogP contribution in [0.4, 0.5) is 5.69 Å².